The van der Waals surface area contributed by atoms with Crippen LogP contribution >= 0.6 is 11.3 Å². The fourth-order valence-electron chi connectivity index (χ4n) is 12.0. The van der Waals surface area contributed by atoms with Crippen molar-refractivity contribution in [1.29, 1.82) is 0 Å². The average molecular weight is 1430 g/mol. The topological polar surface area (TPSA) is 226 Å². The Morgan fingerprint density at radius 1 is 0.324 bits per heavy atom. The van der Waals surface area contributed by atoms with Gasteiger partial charge in [0.1, 0.15) is 5.82 Å². The fourth-order valence-corrected chi connectivity index (χ4v) is 12.6. The zero-order valence-corrected chi connectivity index (χ0v) is 63.1. The normalized spacial score (nSPS) is 10.3. The molecule has 5 aromatic heterocycles. The van der Waals surface area contributed by atoms with Crippen LogP contribution in [0, 0.1) is 5.82 Å². The van der Waals surface area contributed by atoms with Gasteiger partial charge >= 0.3 is 0 Å². The summed E-state index contributed by atoms with van der Waals surface area (Å²) in [5.74, 6) is -0.490. The van der Waals surface area contributed by atoms with Gasteiger partial charge in [0.2, 0.25) is 33.3 Å². The molecule has 13 nitrogen and oxygen atoms in total. The van der Waals surface area contributed by atoms with Crippen molar-refractivity contribution in [3.63, 3.8) is 0 Å². The molecule has 0 aliphatic heterocycles. The molecule has 13 aromatic carbocycles. The van der Waals surface area contributed by atoms with Crippen LogP contribution in [0.5, 0.6) is 34.5 Å². The Labute approximate surface area is 717 Å². The number of aromatic amines is 4. The minimum atomic E-state index is -0.374. The zero-order chi connectivity index (χ0) is 72.3. The van der Waals surface area contributed by atoms with Crippen LogP contribution in [0.15, 0.2) is 351 Å². The summed E-state index contributed by atoms with van der Waals surface area (Å²) in [4.78, 5) is 21.6. The minimum absolute atomic E-state index is 0. The van der Waals surface area contributed by atoms with Gasteiger partial charge in [-0.05, 0) is 165 Å². The van der Waals surface area contributed by atoms with Crippen LogP contribution in [0.25, 0.3) is 87.3 Å². The van der Waals surface area contributed by atoms with Crippen LogP contribution < -0.4 is 65.5 Å². The zero-order valence-electron chi connectivity index (χ0n) is 62.3. The summed E-state index contributed by atoms with van der Waals surface area (Å²) in [5, 5.41) is 80.8. The smallest absolute Gasteiger partial charge is 0.211 e. The van der Waals surface area contributed by atoms with E-state index in [9.17, 15) is 35.0 Å². The van der Waals surface area contributed by atoms with E-state index in [-0.39, 0.29) is 153 Å². The molecule has 6 N–H and O–H groups in total. The van der Waals surface area contributed by atoms with Crippen molar-refractivity contribution in [3.8, 4) is 45.8 Å². The number of halogens is 1. The van der Waals surface area contributed by atoms with Crippen molar-refractivity contribution in [2.24, 2.45) is 0 Å². The number of aromatic nitrogens is 4. The summed E-state index contributed by atoms with van der Waals surface area (Å²) in [7, 11) is 0. The van der Waals surface area contributed by atoms with Gasteiger partial charge in [0.15, 0.2) is 36.2 Å². The van der Waals surface area contributed by atoms with Crippen molar-refractivity contribution in [3.05, 3.63) is 368 Å². The second-order valence-electron chi connectivity index (χ2n) is 23.9. The van der Waals surface area contributed by atoms with Gasteiger partial charge in [-0.2, -0.15) is 0 Å². The molecule has 21 heteroatoms. The molecule has 0 unspecified atom stereocenters. The van der Waals surface area contributed by atoms with Gasteiger partial charge in [0.25, 0.3) is 0 Å². The first kappa shape index (κ1) is 87.7. The van der Waals surface area contributed by atoms with E-state index in [1.165, 1.54) is 33.7 Å². The maximum atomic E-state index is 13.0. The predicted octanol–water partition coefficient (Wildman–Crippen LogP) is 10.6. The van der Waals surface area contributed by atoms with Crippen LogP contribution in [-0.4, -0.2) is 126 Å². The third-order valence-electron chi connectivity index (χ3n) is 17.1. The van der Waals surface area contributed by atoms with Gasteiger partial charge in [0, 0.05) is 69.5 Å². The van der Waals surface area contributed by atoms with E-state index in [0.717, 1.165) is 65.8 Å². The maximum absolute atomic E-state index is 13.0. The molecule has 18 aromatic rings. The van der Waals surface area contributed by atoms with Crippen LogP contribution in [0.4, 0.5) is 32.8 Å². The van der Waals surface area contributed by atoms with Gasteiger partial charge in [-0.15, -0.1) is 11.3 Å². The number of rotatable bonds is 8. The first-order valence-corrected chi connectivity index (χ1v) is 34.5. The molecule has 0 bridgehead atoms. The van der Waals surface area contributed by atoms with Crippen molar-refractivity contribution < 1.29 is 65.0 Å². The number of pyridine rings is 4. The molecule has 111 heavy (non-hydrogen) atoms. The quantitative estimate of drug-likeness (QED) is 0.0849. The van der Waals surface area contributed by atoms with E-state index in [4.69, 9.17) is 0 Å². The van der Waals surface area contributed by atoms with E-state index in [0.29, 0.717) is 38.8 Å². The Balaban J connectivity index is 0.000000186. The third kappa shape index (κ3) is 22.2. The monoisotopic (exact) mass is 1430 g/mol. The fraction of sp³-hybridized carbons (Fsp3) is 0. The Kier molecular flexibility index (Phi) is 34.1. The summed E-state index contributed by atoms with van der Waals surface area (Å²) in [6.45, 7) is 0. The summed E-state index contributed by atoms with van der Waals surface area (Å²) in [6, 6.07) is 104. The summed E-state index contributed by atoms with van der Waals surface area (Å²) in [6.07, 6.45) is 7.15. The number of hydrogen-bond donors (Lipinski definition) is 2. The molecule has 18 rings (SSSR count). The summed E-state index contributed by atoms with van der Waals surface area (Å²) < 4.78 is 13.0. The summed E-state index contributed by atoms with van der Waals surface area (Å²) in [5.41, 5.74) is 10.7. The van der Waals surface area contributed by atoms with Crippen molar-refractivity contribution >= 4 is 241 Å². The second kappa shape index (κ2) is 43.1. The van der Waals surface area contributed by atoms with Gasteiger partial charge in [-0.25, -0.2) is 34.3 Å². The maximum Gasteiger partial charge on any atom is 0.211 e. The summed E-state index contributed by atoms with van der Waals surface area (Å²) >= 11 is 1.63. The molecule has 0 amide bonds. The van der Waals surface area contributed by atoms with E-state index in [1.54, 1.807) is 103 Å². The molecule has 0 fully saturated rings. The SMILES string of the molecule is [Li-].[Li-].[Li-].[Li-].[Li-].[Li-].[O-]c1ccc(F)c2ccc[nH+]c12.[O-]c1ccc(N(c2ccccc2)c2ccccc2)c2ccc[nH+]c12.[O-]c1cccc2cc3ccccc3[nH+]c12.[O-]c1cccc2ccc(-c3ccccc3)[nH+]c12.[O-]c1ccccc1[NH+]=Cc1c2ccccc2cc2ccccc12.[O-]c1ccccc1[NH+]=Cc1cccs1. The average Bonchev–Trinajstić information content (AvgIpc) is 0.829. The first-order valence-electron chi connectivity index (χ1n) is 33.6. The molecular formula is C90H66FLi6N7O6S-6. The van der Waals surface area contributed by atoms with Gasteiger partial charge in [0.05, 0.1) is 26.9 Å². The number of nitrogens with zero attached hydrogens (tertiary/aromatic N) is 1. The largest absolute Gasteiger partial charge is 1.00 e. The predicted molar refractivity (Wildman–Crippen MR) is 441 cm³/mol. The van der Waals surface area contributed by atoms with Crippen molar-refractivity contribution in [2.75, 3.05) is 4.90 Å². The molecule has 0 atom stereocenters. The molecular weight excluding hydrogens is 1370 g/mol. The number of anilines is 3. The minimum Gasteiger partial charge on any atom is -1.00 e. The van der Waals surface area contributed by atoms with Crippen LogP contribution in [0.3, 0.4) is 0 Å². The van der Waals surface area contributed by atoms with E-state index < -0.39 is 0 Å². The Bertz CT molecular complexity index is 5960. The number of benzene rings is 13. The van der Waals surface area contributed by atoms with Gasteiger partial charge in [-0.1, -0.05) is 194 Å². The van der Waals surface area contributed by atoms with Crippen molar-refractivity contribution in [2.45, 2.75) is 0 Å². The molecule has 0 aliphatic rings. The number of para-hydroxylation sites is 9. The third-order valence-corrected chi connectivity index (χ3v) is 17.9. The van der Waals surface area contributed by atoms with E-state index >= 15 is 0 Å². The Morgan fingerprint density at radius 2 is 0.766 bits per heavy atom. The van der Waals surface area contributed by atoms with E-state index in [1.807, 2.05) is 206 Å². The molecule has 12 radical (unpaired) electrons. The second-order valence-corrected chi connectivity index (χ2v) is 24.9. The molecule has 522 valence electrons. The molecule has 0 saturated carbocycles. The molecule has 0 aliphatic carbocycles. The number of hydrogen-bond acceptors (Lipinski definition) is 8. The van der Waals surface area contributed by atoms with Crippen LogP contribution in [0.1, 0.15) is 10.4 Å². The number of nitrogens with one attached hydrogen (secondary N) is 6. The number of thiophene rings is 1. The standard InChI is InChI=1S/C21H16N2O.C21H15NO.C15H11NO.C13H9NO.C11H9NOS.C9H6FNO.6Li/c24-20-14-13-19(18-12-7-15-22-21(18)20)23(16-8-3-1-4-9-16)17-10-5-2-6-11-17;23-21-12-6-5-11-20(21)22-14-19-17-9-3-1-7-15(17)13-16-8-2-4-10-18(16)19;17-14-8-4-7-12-9-10-13(16-15(12)14)11-5-2-1-3-6-11;15-12-7-3-5-10-8-9-4-1-2-6-11(9)14-13(10)12;13-11-6-2-1-5-10(11)12-8-9-4-3-7-14-9;10-7-3-4-8(12)9-6(7)2-1-5-11-9;;;;;;/h1-15,24H;1-14,23H;1-10,17H;1-8,15H;1-8,13H;1-5,12H;;;;;;/q;;;;;;6*-1. The number of fused-ring (bicyclic) bond motifs is 7. The van der Waals surface area contributed by atoms with Gasteiger partial charge < -0.3 is 149 Å². The Morgan fingerprint density at radius 3 is 1.33 bits per heavy atom. The van der Waals surface area contributed by atoms with Crippen LogP contribution in [0.2, 0.25) is 0 Å². The van der Waals surface area contributed by atoms with Crippen molar-refractivity contribution in [1.82, 2.24) is 0 Å². The van der Waals surface area contributed by atoms with Crippen LogP contribution in [-0.2, 0) is 0 Å². The first-order chi connectivity index (χ1) is 51.5. The number of H-pyrrole nitrogens is 4. The van der Waals surface area contributed by atoms with E-state index in [2.05, 4.69) is 89.4 Å². The van der Waals surface area contributed by atoms with Gasteiger partial charge in [-0.3, -0.25) is 0 Å². The molecule has 5 heterocycles. The molecule has 0 spiro atoms. The Hall–Kier alpha value is -10.6. The molecule has 0 saturated heterocycles.